The third-order valence-corrected chi connectivity index (χ3v) is 2.86. The van der Waals surface area contributed by atoms with Crippen LogP contribution < -0.4 is 0 Å². The Morgan fingerprint density at radius 3 is 2.46 bits per heavy atom. The predicted molar refractivity (Wildman–Crippen MR) is 48.9 cm³/mol. The molecule has 0 aliphatic heterocycles. The van der Waals surface area contributed by atoms with Crippen molar-refractivity contribution in [3.8, 4) is 0 Å². The molecule has 1 rings (SSSR count). The summed E-state index contributed by atoms with van der Waals surface area (Å²) in [5, 5.41) is -0.675. The number of alkyl halides is 1. The van der Waals surface area contributed by atoms with Crippen molar-refractivity contribution in [1.82, 2.24) is 0 Å². The van der Waals surface area contributed by atoms with Crippen molar-refractivity contribution in [3.63, 3.8) is 0 Å². The first-order valence-electron chi connectivity index (χ1n) is 3.30. The predicted octanol–water partition coefficient (Wildman–Crippen LogP) is 3.17. The first-order chi connectivity index (χ1) is 6.02. The lowest BCUT2D eigenvalue weighted by Gasteiger charge is -2.04. The van der Waals surface area contributed by atoms with E-state index in [-0.39, 0.29) is 0 Å². The lowest BCUT2D eigenvalue weighted by atomic mass is 10.1. The molecule has 0 spiro atoms. The Hall–Kier alpha value is -0.480. The van der Waals surface area contributed by atoms with Gasteiger partial charge in [0.05, 0.1) is 0 Å². The Morgan fingerprint density at radius 2 is 2.00 bits per heavy atom. The van der Waals surface area contributed by atoms with Crippen LogP contribution in [0.15, 0.2) is 18.2 Å². The quantitative estimate of drug-likeness (QED) is 0.595. The van der Waals surface area contributed by atoms with Crippen LogP contribution in [0.2, 0.25) is 0 Å². The largest absolute Gasteiger partial charge is 0.280 e. The van der Waals surface area contributed by atoms with Crippen LogP contribution in [0.5, 0.6) is 0 Å². The van der Waals surface area contributed by atoms with Gasteiger partial charge in [-0.15, -0.1) is 0 Å². The molecule has 0 radical (unpaired) electrons. The molecule has 0 N–H and O–H groups in total. The summed E-state index contributed by atoms with van der Waals surface area (Å²) >= 11 is 8.09. The molecule has 0 heterocycles. The average Bonchev–Trinajstić information content (AvgIpc) is 2.08. The number of benzene rings is 1. The van der Waals surface area contributed by atoms with Crippen molar-refractivity contribution < 1.29 is 13.6 Å². The molecule has 0 aliphatic carbocycles. The summed E-state index contributed by atoms with van der Waals surface area (Å²) in [6.45, 7) is 0. The summed E-state index contributed by atoms with van der Waals surface area (Å²) in [5.74, 6) is -1.95. The molecule has 0 bridgehead atoms. The molecule has 5 heteroatoms. The van der Waals surface area contributed by atoms with Crippen molar-refractivity contribution >= 4 is 32.8 Å². The van der Waals surface area contributed by atoms with E-state index in [1.54, 1.807) is 0 Å². The van der Waals surface area contributed by atoms with Crippen molar-refractivity contribution in [1.29, 1.82) is 0 Å². The highest BCUT2D eigenvalue weighted by molar-refractivity contribution is 9.09. The second kappa shape index (κ2) is 4.15. The fraction of sp³-hybridized carbons (Fsp3) is 0.125. The number of rotatable bonds is 2. The molecule has 1 aromatic rings. The molecular weight excluding hydrogens is 265 g/mol. The highest BCUT2D eigenvalue weighted by Gasteiger charge is 2.16. The van der Waals surface area contributed by atoms with Crippen LogP contribution >= 0.6 is 27.5 Å². The van der Waals surface area contributed by atoms with E-state index in [4.69, 9.17) is 11.6 Å². The third kappa shape index (κ3) is 2.48. The molecule has 0 fully saturated rings. The Bertz CT molecular complexity index is 343. The number of carbonyl (C=O) groups is 1. The van der Waals surface area contributed by atoms with Gasteiger partial charge in [0, 0.05) is 0 Å². The van der Waals surface area contributed by atoms with Gasteiger partial charge >= 0.3 is 0 Å². The minimum atomic E-state index is -1.00. The Balaban J connectivity index is 3.03. The van der Waals surface area contributed by atoms with Crippen LogP contribution in [0.25, 0.3) is 0 Å². The average molecular weight is 269 g/mol. The number of hydrogen-bond donors (Lipinski definition) is 0. The summed E-state index contributed by atoms with van der Waals surface area (Å²) in [7, 11) is 0. The van der Waals surface area contributed by atoms with Crippen LogP contribution in [-0.4, -0.2) is 5.24 Å². The van der Waals surface area contributed by atoms with Gasteiger partial charge in [-0.05, 0) is 29.3 Å². The van der Waals surface area contributed by atoms with Crippen molar-refractivity contribution in [2.45, 2.75) is 4.83 Å². The van der Waals surface area contributed by atoms with Gasteiger partial charge in [0.2, 0.25) is 5.24 Å². The van der Waals surface area contributed by atoms with Crippen LogP contribution in [0.3, 0.4) is 0 Å². The standard InChI is InChI=1S/C8H4BrClF2O/c9-7(8(10)13)4-1-2-5(11)6(12)3-4/h1-3,7H. The highest BCUT2D eigenvalue weighted by atomic mass is 79.9. The summed E-state index contributed by atoms with van der Waals surface area (Å²) < 4.78 is 25.1. The molecule has 1 nitrogen and oxygen atoms in total. The maximum atomic E-state index is 12.7. The van der Waals surface area contributed by atoms with E-state index in [2.05, 4.69) is 15.9 Å². The topological polar surface area (TPSA) is 17.1 Å². The van der Waals surface area contributed by atoms with Gasteiger partial charge in [0.1, 0.15) is 4.83 Å². The molecule has 0 saturated heterocycles. The molecule has 0 aliphatic rings. The lowest BCUT2D eigenvalue weighted by Crippen LogP contribution is -1.99. The summed E-state index contributed by atoms with van der Waals surface area (Å²) in [6, 6.07) is 3.16. The van der Waals surface area contributed by atoms with E-state index in [1.165, 1.54) is 6.07 Å². The monoisotopic (exact) mass is 268 g/mol. The first kappa shape index (κ1) is 10.6. The van der Waals surface area contributed by atoms with E-state index < -0.39 is 21.7 Å². The normalized spacial score (nSPS) is 12.6. The Kier molecular flexibility index (Phi) is 3.39. The highest BCUT2D eigenvalue weighted by Crippen LogP contribution is 2.26. The Morgan fingerprint density at radius 1 is 1.38 bits per heavy atom. The van der Waals surface area contributed by atoms with E-state index in [0.717, 1.165) is 12.1 Å². The fourth-order valence-electron chi connectivity index (χ4n) is 0.801. The summed E-state index contributed by atoms with van der Waals surface area (Å²) in [4.78, 5) is 9.84. The van der Waals surface area contributed by atoms with Gasteiger partial charge in [-0.2, -0.15) is 0 Å². The van der Waals surface area contributed by atoms with Gasteiger partial charge < -0.3 is 0 Å². The van der Waals surface area contributed by atoms with Crippen LogP contribution in [0.4, 0.5) is 8.78 Å². The van der Waals surface area contributed by atoms with Gasteiger partial charge in [-0.1, -0.05) is 22.0 Å². The molecule has 0 saturated carbocycles. The van der Waals surface area contributed by atoms with Crippen LogP contribution in [0, 0.1) is 11.6 Å². The summed E-state index contributed by atoms with van der Waals surface area (Å²) in [5.41, 5.74) is 0.291. The van der Waals surface area contributed by atoms with Crippen molar-refractivity contribution in [3.05, 3.63) is 35.4 Å². The lowest BCUT2D eigenvalue weighted by molar-refractivity contribution is -0.111. The van der Waals surface area contributed by atoms with E-state index in [0.29, 0.717) is 5.56 Å². The molecule has 1 aromatic carbocycles. The molecule has 0 amide bonds. The Labute approximate surface area is 86.8 Å². The van der Waals surface area contributed by atoms with Crippen molar-refractivity contribution in [2.24, 2.45) is 0 Å². The van der Waals surface area contributed by atoms with Gasteiger partial charge in [-0.3, -0.25) is 4.79 Å². The van der Waals surface area contributed by atoms with E-state index in [1.807, 2.05) is 0 Å². The second-order valence-corrected chi connectivity index (χ2v) is 3.63. The summed E-state index contributed by atoms with van der Waals surface area (Å²) in [6.07, 6.45) is 0. The number of hydrogen-bond acceptors (Lipinski definition) is 1. The minimum absolute atomic E-state index is 0.291. The zero-order valence-corrected chi connectivity index (χ0v) is 8.57. The zero-order chi connectivity index (χ0) is 10.0. The molecular formula is C8H4BrClF2O. The number of carbonyl (C=O) groups excluding carboxylic acids is 1. The fourth-order valence-corrected chi connectivity index (χ4v) is 1.21. The van der Waals surface area contributed by atoms with Gasteiger partial charge in [0.25, 0.3) is 0 Å². The first-order valence-corrected chi connectivity index (χ1v) is 4.60. The molecule has 1 unspecified atom stereocenters. The zero-order valence-electron chi connectivity index (χ0n) is 6.23. The smallest absolute Gasteiger partial charge is 0.239 e. The van der Waals surface area contributed by atoms with E-state index >= 15 is 0 Å². The molecule has 1 atom stereocenters. The maximum absolute atomic E-state index is 12.7. The van der Waals surface area contributed by atoms with Crippen molar-refractivity contribution in [2.75, 3.05) is 0 Å². The molecule has 70 valence electrons. The molecule has 0 aromatic heterocycles. The van der Waals surface area contributed by atoms with Gasteiger partial charge in [-0.25, -0.2) is 8.78 Å². The number of halogens is 4. The second-order valence-electron chi connectivity index (χ2n) is 2.34. The maximum Gasteiger partial charge on any atom is 0.239 e. The van der Waals surface area contributed by atoms with Crippen LogP contribution in [0.1, 0.15) is 10.4 Å². The third-order valence-electron chi connectivity index (χ3n) is 1.44. The minimum Gasteiger partial charge on any atom is -0.280 e. The van der Waals surface area contributed by atoms with Crippen LogP contribution in [-0.2, 0) is 4.79 Å². The SMILES string of the molecule is O=C(Cl)C(Br)c1ccc(F)c(F)c1. The van der Waals surface area contributed by atoms with E-state index in [9.17, 15) is 13.6 Å². The van der Waals surface area contributed by atoms with Gasteiger partial charge in [0.15, 0.2) is 11.6 Å². The molecule has 13 heavy (non-hydrogen) atoms.